The summed E-state index contributed by atoms with van der Waals surface area (Å²) in [6.45, 7) is 1.99. The van der Waals surface area contributed by atoms with E-state index in [0.29, 0.717) is 5.02 Å². The minimum Gasteiger partial charge on any atom is -0.440 e. The van der Waals surface area contributed by atoms with E-state index in [9.17, 15) is 0 Å². The van der Waals surface area contributed by atoms with Crippen molar-refractivity contribution >= 4 is 23.4 Å². The monoisotopic (exact) mass is 282 g/mol. The highest BCUT2D eigenvalue weighted by molar-refractivity contribution is 7.98. The Balaban J connectivity index is 1.99. The summed E-state index contributed by atoms with van der Waals surface area (Å²) < 4.78 is 5.68. The summed E-state index contributed by atoms with van der Waals surface area (Å²) in [7, 11) is 0. The summed E-state index contributed by atoms with van der Waals surface area (Å²) in [6, 6.07) is 7.71. The van der Waals surface area contributed by atoms with E-state index in [2.05, 4.69) is 4.98 Å². The number of nitrogens with zero attached hydrogens (tertiary/aromatic N) is 1. The van der Waals surface area contributed by atoms with Gasteiger partial charge in [-0.05, 0) is 31.2 Å². The molecule has 1 aromatic heterocycles. The Hall–Kier alpha value is -0.970. The van der Waals surface area contributed by atoms with Crippen LogP contribution in [-0.4, -0.2) is 16.8 Å². The molecule has 0 fully saturated rings. The van der Waals surface area contributed by atoms with Gasteiger partial charge in [-0.2, -0.15) is 11.8 Å². The van der Waals surface area contributed by atoms with Crippen LogP contribution >= 0.6 is 23.4 Å². The first-order chi connectivity index (χ1) is 8.65. The zero-order valence-corrected chi connectivity index (χ0v) is 11.7. The third-order valence-electron chi connectivity index (χ3n) is 2.29. The van der Waals surface area contributed by atoms with E-state index in [1.807, 2.05) is 31.2 Å². The SMILES string of the molecule is CC(N)CSCc1ncc(-c2ccc(Cl)cc2)o1. The molecule has 96 valence electrons. The van der Waals surface area contributed by atoms with Crippen molar-refractivity contribution in [1.82, 2.24) is 4.98 Å². The van der Waals surface area contributed by atoms with Crippen LogP contribution in [0.4, 0.5) is 0 Å². The van der Waals surface area contributed by atoms with Gasteiger partial charge in [-0.25, -0.2) is 4.98 Å². The van der Waals surface area contributed by atoms with Crippen molar-refractivity contribution in [1.29, 1.82) is 0 Å². The number of hydrogen-bond acceptors (Lipinski definition) is 4. The van der Waals surface area contributed by atoms with E-state index >= 15 is 0 Å². The first kappa shape index (κ1) is 13.5. The van der Waals surface area contributed by atoms with Gasteiger partial charge >= 0.3 is 0 Å². The molecule has 18 heavy (non-hydrogen) atoms. The lowest BCUT2D eigenvalue weighted by Crippen LogP contribution is -2.17. The topological polar surface area (TPSA) is 52.0 Å². The number of oxazole rings is 1. The normalized spacial score (nSPS) is 12.6. The van der Waals surface area contributed by atoms with E-state index in [1.165, 1.54) is 0 Å². The number of thioether (sulfide) groups is 1. The summed E-state index contributed by atoms with van der Waals surface area (Å²) in [5.74, 6) is 3.14. The second kappa shape index (κ2) is 6.27. The highest BCUT2D eigenvalue weighted by Gasteiger charge is 2.06. The Morgan fingerprint density at radius 3 is 2.78 bits per heavy atom. The summed E-state index contributed by atoms with van der Waals surface area (Å²) in [5.41, 5.74) is 6.66. The smallest absolute Gasteiger partial charge is 0.204 e. The van der Waals surface area contributed by atoms with Crippen LogP contribution in [-0.2, 0) is 5.75 Å². The third-order valence-corrected chi connectivity index (χ3v) is 3.75. The number of halogens is 1. The maximum absolute atomic E-state index is 5.84. The Labute approximate surface area is 116 Å². The van der Waals surface area contributed by atoms with Gasteiger partial charge < -0.3 is 10.2 Å². The van der Waals surface area contributed by atoms with Crippen molar-refractivity contribution in [2.75, 3.05) is 5.75 Å². The zero-order valence-electron chi connectivity index (χ0n) is 10.1. The number of hydrogen-bond donors (Lipinski definition) is 1. The van der Waals surface area contributed by atoms with Crippen molar-refractivity contribution < 1.29 is 4.42 Å². The third kappa shape index (κ3) is 3.77. The molecule has 1 heterocycles. The Bertz CT molecular complexity index is 496. The van der Waals surface area contributed by atoms with Gasteiger partial charge in [-0.1, -0.05) is 11.6 Å². The second-order valence-corrected chi connectivity index (χ2v) is 5.58. The van der Waals surface area contributed by atoms with Crippen molar-refractivity contribution in [3.63, 3.8) is 0 Å². The Morgan fingerprint density at radius 1 is 1.39 bits per heavy atom. The van der Waals surface area contributed by atoms with Crippen LogP contribution in [0.1, 0.15) is 12.8 Å². The minimum absolute atomic E-state index is 0.195. The first-order valence-corrected chi connectivity index (χ1v) is 7.22. The predicted molar refractivity (Wildman–Crippen MR) is 76.8 cm³/mol. The van der Waals surface area contributed by atoms with Crippen LogP contribution in [0.5, 0.6) is 0 Å². The molecule has 1 atom stereocenters. The molecule has 2 aromatic rings. The average Bonchev–Trinajstić information content (AvgIpc) is 2.78. The minimum atomic E-state index is 0.195. The molecule has 1 unspecified atom stereocenters. The van der Waals surface area contributed by atoms with Crippen LogP contribution in [0.25, 0.3) is 11.3 Å². The number of aromatic nitrogens is 1. The van der Waals surface area contributed by atoms with E-state index in [1.54, 1.807) is 18.0 Å². The zero-order chi connectivity index (χ0) is 13.0. The predicted octanol–water partition coefficient (Wildman–Crippen LogP) is 3.58. The maximum Gasteiger partial charge on any atom is 0.204 e. The second-order valence-electron chi connectivity index (χ2n) is 4.12. The molecule has 5 heteroatoms. The molecule has 2 rings (SSSR count). The van der Waals surface area contributed by atoms with Crippen LogP contribution in [0, 0.1) is 0 Å². The van der Waals surface area contributed by atoms with E-state index in [4.69, 9.17) is 21.8 Å². The quantitative estimate of drug-likeness (QED) is 0.911. The molecular formula is C13H15ClN2OS. The molecule has 0 aliphatic carbocycles. The van der Waals surface area contributed by atoms with Gasteiger partial charge in [0.1, 0.15) is 0 Å². The first-order valence-electron chi connectivity index (χ1n) is 5.69. The van der Waals surface area contributed by atoms with Gasteiger partial charge in [-0.15, -0.1) is 0 Å². The van der Waals surface area contributed by atoms with Gasteiger partial charge in [0.2, 0.25) is 5.89 Å². The average molecular weight is 283 g/mol. The fraction of sp³-hybridized carbons (Fsp3) is 0.308. The van der Waals surface area contributed by atoms with Crippen LogP contribution in [0.3, 0.4) is 0 Å². The fourth-order valence-electron chi connectivity index (χ4n) is 1.46. The van der Waals surface area contributed by atoms with Crippen LogP contribution < -0.4 is 5.73 Å². The molecule has 0 bridgehead atoms. The standard InChI is InChI=1S/C13H15ClN2OS/c1-9(15)7-18-8-13-16-6-12(17-13)10-2-4-11(14)5-3-10/h2-6,9H,7-8,15H2,1H3. The molecule has 0 radical (unpaired) electrons. The molecule has 3 nitrogen and oxygen atoms in total. The van der Waals surface area contributed by atoms with Crippen molar-refractivity contribution in [2.45, 2.75) is 18.7 Å². The Morgan fingerprint density at radius 2 is 2.11 bits per heavy atom. The van der Waals surface area contributed by atoms with E-state index in [-0.39, 0.29) is 6.04 Å². The lowest BCUT2D eigenvalue weighted by atomic mass is 10.2. The lowest BCUT2D eigenvalue weighted by Gasteiger charge is -2.01. The molecule has 0 spiro atoms. The van der Waals surface area contributed by atoms with Gasteiger partial charge in [0, 0.05) is 22.4 Å². The summed E-state index contributed by atoms with van der Waals surface area (Å²) in [4.78, 5) is 4.25. The fourth-order valence-corrected chi connectivity index (χ4v) is 2.38. The largest absolute Gasteiger partial charge is 0.440 e. The highest BCUT2D eigenvalue weighted by Crippen LogP contribution is 2.23. The molecule has 0 aliphatic heterocycles. The maximum atomic E-state index is 5.84. The Kier molecular flexibility index (Phi) is 4.69. The van der Waals surface area contributed by atoms with Crippen LogP contribution in [0.2, 0.25) is 5.02 Å². The van der Waals surface area contributed by atoms with Crippen molar-refractivity contribution in [3.8, 4) is 11.3 Å². The van der Waals surface area contributed by atoms with Gasteiger partial charge in [0.15, 0.2) is 5.76 Å². The number of nitrogens with two attached hydrogens (primary N) is 1. The number of rotatable bonds is 5. The molecule has 2 N–H and O–H groups in total. The van der Waals surface area contributed by atoms with Gasteiger partial charge in [0.25, 0.3) is 0 Å². The molecule has 0 saturated carbocycles. The lowest BCUT2D eigenvalue weighted by molar-refractivity contribution is 0.530. The van der Waals surface area contributed by atoms with Gasteiger partial charge in [-0.3, -0.25) is 0 Å². The van der Waals surface area contributed by atoms with Crippen molar-refractivity contribution in [2.24, 2.45) is 5.73 Å². The van der Waals surface area contributed by atoms with Gasteiger partial charge in [0.05, 0.1) is 11.9 Å². The summed E-state index contributed by atoms with van der Waals surface area (Å²) in [6.07, 6.45) is 1.74. The molecule has 1 aromatic carbocycles. The molecule has 0 aliphatic rings. The van der Waals surface area contributed by atoms with E-state index < -0.39 is 0 Å². The molecule has 0 saturated heterocycles. The van der Waals surface area contributed by atoms with E-state index in [0.717, 1.165) is 28.7 Å². The highest BCUT2D eigenvalue weighted by atomic mass is 35.5. The number of benzene rings is 1. The molecular weight excluding hydrogens is 268 g/mol. The van der Waals surface area contributed by atoms with Crippen LogP contribution in [0.15, 0.2) is 34.9 Å². The molecule has 0 amide bonds. The van der Waals surface area contributed by atoms with Crippen molar-refractivity contribution in [3.05, 3.63) is 41.4 Å². The summed E-state index contributed by atoms with van der Waals surface area (Å²) >= 11 is 7.56. The summed E-state index contributed by atoms with van der Waals surface area (Å²) in [5, 5.41) is 0.714.